The van der Waals surface area contributed by atoms with E-state index in [-0.39, 0.29) is 23.2 Å². The van der Waals surface area contributed by atoms with Crippen molar-refractivity contribution in [2.24, 2.45) is 50.7 Å². The third kappa shape index (κ3) is 4.62. The number of methoxy groups -OCH3 is 1. The maximum atomic E-state index is 13.1. The van der Waals surface area contributed by atoms with Crippen molar-refractivity contribution in [1.29, 1.82) is 0 Å². The second-order valence-corrected chi connectivity index (χ2v) is 17.0. The molecule has 5 fully saturated rings. The number of hydrogen-bond donors (Lipinski definition) is 1. The molecule has 1 N–H and O–H groups in total. The Labute approximate surface area is 267 Å². The number of carbonyl (C=O) groups excluding carboxylic acids is 1. The molecule has 44 heavy (non-hydrogen) atoms. The number of rotatable bonds is 8. The molecule has 5 aliphatic carbocycles. The lowest BCUT2D eigenvalue weighted by Gasteiger charge is -2.63. The summed E-state index contributed by atoms with van der Waals surface area (Å²) in [4.78, 5) is 13.1. The van der Waals surface area contributed by atoms with Crippen LogP contribution in [0.5, 0.6) is 11.5 Å². The number of benzene rings is 1. The molecule has 9 atom stereocenters. The Balaban J connectivity index is 1.15. The van der Waals surface area contributed by atoms with E-state index in [1.807, 2.05) is 0 Å². The highest BCUT2D eigenvalue weighted by molar-refractivity contribution is 5.87. The molecule has 4 nitrogen and oxygen atoms in total. The van der Waals surface area contributed by atoms with Crippen LogP contribution in [0.3, 0.4) is 0 Å². The molecule has 0 radical (unpaired) electrons. The van der Waals surface area contributed by atoms with E-state index < -0.39 is 0 Å². The van der Waals surface area contributed by atoms with Crippen molar-refractivity contribution in [3.8, 4) is 11.5 Å². The number of aromatic hydroxyl groups is 1. The van der Waals surface area contributed by atoms with Gasteiger partial charge in [-0.25, -0.2) is 4.79 Å². The minimum atomic E-state index is -0.276. The van der Waals surface area contributed by atoms with E-state index in [2.05, 4.69) is 54.5 Å². The van der Waals surface area contributed by atoms with Gasteiger partial charge in [-0.3, -0.25) is 0 Å². The fraction of sp³-hybridized carbons (Fsp3) is 0.725. The molecule has 0 amide bonds. The first-order valence-electron chi connectivity index (χ1n) is 17.6. The Morgan fingerprint density at radius 1 is 0.977 bits per heavy atom. The van der Waals surface area contributed by atoms with Gasteiger partial charge in [0.15, 0.2) is 11.5 Å². The highest BCUT2D eigenvalue weighted by atomic mass is 16.5. The summed E-state index contributed by atoms with van der Waals surface area (Å²) in [6.07, 6.45) is 20.1. The molecule has 5 saturated carbocycles. The van der Waals surface area contributed by atoms with Gasteiger partial charge in [-0.1, -0.05) is 52.3 Å². The fourth-order valence-electron chi connectivity index (χ4n) is 12.5. The van der Waals surface area contributed by atoms with Gasteiger partial charge in [-0.05, 0) is 154 Å². The van der Waals surface area contributed by atoms with E-state index in [9.17, 15) is 9.90 Å². The number of hydrogen-bond acceptors (Lipinski definition) is 4. The van der Waals surface area contributed by atoms with Crippen LogP contribution < -0.4 is 4.74 Å². The number of phenols is 1. The number of esters is 1. The molecule has 242 valence electrons. The normalized spacial score (nSPS) is 40.6. The molecule has 0 saturated heterocycles. The minimum absolute atomic E-state index is 0.0305. The van der Waals surface area contributed by atoms with Crippen LogP contribution in [0.4, 0.5) is 0 Å². The number of ether oxygens (including phenoxy) is 2. The van der Waals surface area contributed by atoms with Crippen LogP contribution in [0.1, 0.15) is 125 Å². The van der Waals surface area contributed by atoms with Crippen molar-refractivity contribution >= 4 is 12.0 Å². The van der Waals surface area contributed by atoms with Gasteiger partial charge in [-0.15, -0.1) is 0 Å². The van der Waals surface area contributed by atoms with Crippen molar-refractivity contribution in [3.05, 3.63) is 41.5 Å². The van der Waals surface area contributed by atoms with E-state index in [4.69, 9.17) is 9.47 Å². The quantitative estimate of drug-likeness (QED) is 0.183. The molecule has 1 aromatic rings. The molecule has 0 aliphatic heterocycles. The molecule has 0 unspecified atom stereocenters. The maximum absolute atomic E-state index is 13.1. The monoisotopic (exact) mass is 602 g/mol. The third-order valence-corrected chi connectivity index (χ3v) is 14.8. The zero-order valence-electron chi connectivity index (χ0n) is 28.8. The average Bonchev–Trinajstić information content (AvgIpc) is 3.55. The zero-order chi connectivity index (χ0) is 31.7. The van der Waals surface area contributed by atoms with Crippen molar-refractivity contribution in [3.63, 3.8) is 0 Å². The van der Waals surface area contributed by atoms with Crippen molar-refractivity contribution in [2.45, 2.75) is 125 Å². The largest absolute Gasteiger partial charge is 0.504 e. The van der Waals surface area contributed by atoms with Crippen LogP contribution in [0, 0.1) is 50.7 Å². The Morgan fingerprint density at radius 2 is 1.70 bits per heavy atom. The molecule has 1 aromatic carbocycles. The van der Waals surface area contributed by atoms with Gasteiger partial charge >= 0.3 is 5.97 Å². The smallest absolute Gasteiger partial charge is 0.331 e. The van der Waals surface area contributed by atoms with Gasteiger partial charge in [0.1, 0.15) is 6.10 Å². The van der Waals surface area contributed by atoms with Gasteiger partial charge in [0.05, 0.1) is 7.11 Å². The lowest BCUT2D eigenvalue weighted by molar-refractivity contribution is -0.179. The summed E-state index contributed by atoms with van der Waals surface area (Å²) in [5.74, 6) is 3.33. The number of fused-ring (bicyclic) bond motifs is 2. The number of allylic oxidation sites excluding steroid dienone is 2. The lowest BCUT2D eigenvalue weighted by Crippen LogP contribution is -2.58. The van der Waals surface area contributed by atoms with Crippen LogP contribution in [0.2, 0.25) is 0 Å². The van der Waals surface area contributed by atoms with Gasteiger partial charge < -0.3 is 14.6 Å². The van der Waals surface area contributed by atoms with Crippen molar-refractivity contribution < 1.29 is 19.4 Å². The summed E-state index contributed by atoms with van der Waals surface area (Å²) in [5, 5.41) is 9.88. The van der Waals surface area contributed by atoms with E-state index in [0.29, 0.717) is 33.3 Å². The molecule has 6 rings (SSSR count). The van der Waals surface area contributed by atoms with E-state index in [0.717, 1.165) is 29.7 Å². The van der Waals surface area contributed by atoms with E-state index >= 15 is 0 Å². The first kappa shape index (κ1) is 31.7. The summed E-state index contributed by atoms with van der Waals surface area (Å²) in [7, 11) is 1.53. The predicted octanol–water partition coefficient (Wildman–Crippen LogP) is 10.1. The standard InChI is InChI=1S/C40H58O4/c1-26(2)10-9-11-27(3)29-18-20-38(7)33-16-15-32-36(4,5)34(19-21-39(32)25-40(33,39)23-22-37(29,38)6)44-35(42)17-13-28-12-14-30(41)31(24-28)43-8/h10,12-14,17,24,27,29,32-34,41H,9,11,15-16,18-23,25H2,1-8H3/b17-13+/t27-,29-,32+,33+,34+,37-,38+,39+,40-/m1/s1. The summed E-state index contributed by atoms with van der Waals surface area (Å²) in [6.45, 7) is 17.2. The average molecular weight is 603 g/mol. The fourth-order valence-corrected chi connectivity index (χ4v) is 12.5. The minimum Gasteiger partial charge on any atom is -0.504 e. The first-order chi connectivity index (χ1) is 20.7. The van der Waals surface area contributed by atoms with Gasteiger partial charge in [-0.2, -0.15) is 0 Å². The van der Waals surface area contributed by atoms with Crippen LogP contribution >= 0.6 is 0 Å². The van der Waals surface area contributed by atoms with Crippen LogP contribution in [-0.2, 0) is 9.53 Å². The highest BCUT2D eigenvalue weighted by Gasteiger charge is 2.82. The zero-order valence-corrected chi connectivity index (χ0v) is 28.8. The Morgan fingerprint density at radius 3 is 2.43 bits per heavy atom. The molecule has 2 spiro atoms. The molecule has 0 bridgehead atoms. The summed E-state index contributed by atoms with van der Waals surface area (Å²) >= 11 is 0. The molecule has 4 heteroatoms. The molecule has 0 heterocycles. The number of carbonyl (C=O) groups is 1. The summed E-state index contributed by atoms with van der Waals surface area (Å²) in [6, 6.07) is 5.09. The summed E-state index contributed by atoms with van der Waals surface area (Å²) < 4.78 is 11.4. The molecule has 0 aromatic heterocycles. The summed E-state index contributed by atoms with van der Waals surface area (Å²) in [5.41, 5.74) is 4.08. The van der Waals surface area contributed by atoms with Gasteiger partial charge in [0, 0.05) is 11.5 Å². The SMILES string of the molecule is COc1cc(/C=C/C(=O)O[C@H]2CC[C@@]34C[C@@]35CC[C@]3(C)[C@@H]([C@H](C)CCC=C(C)C)CC[C@@]3(C)[C@@H]5CC[C@H]4C2(C)C)ccc1O. The predicted molar refractivity (Wildman–Crippen MR) is 178 cm³/mol. The van der Waals surface area contributed by atoms with Crippen LogP contribution in [-0.4, -0.2) is 24.3 Å². The molecular weight excluding hydrogens is 544 g/mol. The van der Waals surface area contributed by atoms with Crippen LogP contribution in [0.15, 0.2) is 35.9 Å². The number of phenolic OH excluding ortho intramolecular Hbond substituents is 1. The third-order valence-electron chi connectivity index (χ3n) is 14.8. The Kier molecular flexibility index (Phi) is 7.89. The topological polar surface area (TPSA) is 55.8 Å². The second kappa shape index (κ2) is 10.9. The van der Waals surface area contributed by atoms with Crippen molar-refractivity contribution in [2.75, 3.05) is 7.11 Å². The van der Waals surface area contributed by atoms with Gasteiger partial charge in [0.25, 0.3) is 0 Å². The Hall–Kier alpha value is -2.23. The lowest BCUT2D eigenvalue weighted by atomic mass is 9.41. The molecular formula is C40H58O4. The maximum Gasteiger partial charge on any atom is 0.331 e. The molecule has 5 aliphatic rings. The van der Waals surface area contributed by atoms with Crippen molar-refractivity contribution in [1.82, 2.24) is 0 Å². The van der Waals surface area contributed by atoms with Gasteiger partial charge in [0.2, 0.25) is 0 Å². The second-order valence-electron chi connectivity index (χ2n) is 17.0. The van der Waals surface area contributed by atoms with Crippen LogP contribution in [0.25, 0.3) is 6.08 Å². The van der Waals surface area contributed by atoms with E-state index in [1.165, 1.54) is 83.0 Å². The first-order valence-corrected chi connectivity index (χ1v) is 17.6. The highest BCUT2D eigenvalue weighted by Crippen LogP contribution is 2.89. The Bertz CT molecular complexity index is 1340. The van der Waals surface area contributed by atoms with E-state index in [1.54, 1.807) is 24.3 Å².